The van der Waals surface area contributed by atoms with Crippen LogP contribution in [-0.4, -0.2) is 40.7 Å². The van der Waals surface area contributed by atoms with Crippen LogP contribution in [0.25, 0.3) is 0 Å². The molecule has 0 aliphatic heterocycles. The molecule has 150 valence electrons. The Balaban J connectivity index is 1.85. The van der Waals surface area contributed by atoms with Gasteiger partial charge in [-0.2, -0.15) is 0 Å². The van der Waals surface area contributed by atoms with E-state index < -0.39 is 15.8 Å². The van der Waals surface area contributed by atoms with Gasteiger partial charge in [-0.25, -0.2) is 28.2 Å². The molecular formula is C18H16ClN5O4S. The van der Waals surface area contributed by atoms with Crippen molar-refractivity contribution in [1.82, 2.24) is 15.0 Å². The van der Waals surface area contributed by atoms with E-state index in [0.29, 0.717) is 23.2 Å². The number of benzene rings is 1. The van der Waals surface area contributed by atoms with Gasteiger partial charge in [-0.3, -0.25) is 0 Å². The molecule has 0 radical (unpaired) electrons. The maximum Gasteiger partial charge on any atom is 0.337 e. The number of aromatic carboxylic acids is 1. The molecule has 3 rings (SSSR count). The Bertz CT molecular complexity index is 1140. The van der Waals surface area contributed by atoms with E-state index in [-0.39, 0.29) is 16.5 Å². The molecule has 11 heteroatoms. The lowest BCUT2D eigenvalue weighted by molar-refractivity contribution is 0.0696. The third kappa shape index (κ3) is 5.62. The highest BCUT2D eigenvalue weighted by molar-refractivity contribution is 7.90. The first kappa shape index (κ1) is 20.5. The van der Waals surface area contributed by atoms with Gasteiger partial charge in [0.15, 0.2) is 0 Å². The summed E-state index contributed by atoms with van der Waals surface area (Å²) < 4.78 is 23.9. The number of hydrogen-bond acceptors (Lipinski definition) is 8. The van der Waals surface area contributed by atoms with Gasteiger partial charge < -0.3 is 15.7 Å². The zero-order chi connectivity index (χ0) is 21.0. The zero-order valence-electron chi connectivity index (χ0n) is 15.1. The van der Waals surface area contributed by atoms with Crippen molar-refractivity contribution in [3.63, 3.8) is 0 Å². The first-order valence-electron chi connectivity index (χ1n) is 8.24. The standard InChI is InChI=1S/C18H16ClN5O4S/c1-29(27,28)18-23-15(20-9-11-2-5-13(19)6-3-11)8-16(24-18)22-14-7-4-12(10-21-14)17(25)26/h2-8,10H,9H2,1H3,(H,25,26)(H2,20,21,22,23,24). The van der Waals surface area contributed by atoms with Gasteiger partial charge in [-0.1, -0.05) is 23.7 Å². The maximum atomic E-state index is 11.9. The summed E-state index contributed by atoms with van der Waals surface area (Å²) in [5.41, 5.74) is 0.953. The Morgan fingerprint density at radius 2 is 1.76 bits per heavy atom. The molecule has 0 aliphatic rings. The van der Waals surface area contributed by atoms with E-state index in [1.54, 1.807) is 12.1 Å². The molecule has 2 heterocycles. The molecule has 1 aromatic carbocycles. The summed E-state index contributed by atoms with van der Waals surface area (Å²) in [5.74, 6) is -0.314. The number of rotatable bonds is 7. The van der Waals surface area contributed by atoms with E-state index in [2.05, 4.69) is 25.6 Å². The number of nitrogens with zero attached hydrogens (tertiary/aromatic N) is 3. The van der Waals surface area contributed by atoms with Gasteiger partial charge in [-0.05, 0) is 29.8 Å². The number of halogens is 1. The fraction of sp³-hybridized carbons (Fsp3) is 0.111. The van der Waals surface area contributed by atoms with Crippen molar-refractivity contribution in [1.29, 1.82) is 0 Å². The van der Waals surface area contributed by atoms with E-state index in [9.17, 15) is 13.2 Å². The van der Waals surface area contributed by atoms with Crippen molar-refractivity contribution in [3.8, 4) is 0 Å². The largest absolute Gasteiger partial charge is 0.478 e. The summed E-state index contributed by atoms with van der Waals surface area (Å²) in [5, 5.41) is 15.1. The molecular weight excluding hydrogens is 418 g/mol. The predicted octanol–water partition coefficient (Wildman–Crippen LogP) is 2.98. The third-order valence-corrected chi connectivity index (χ3v) is 4.79. The summed E-state index contributed by atoms with van der Waals surface area (Å²) in [6.07, 6.45) is 2.19. The van der Waals surface area contributed by atoms with Gasteiger partial charge in [0.2, 0.25) is 9.84 Å². The van der Waals surface area contributed by atoms with E-state index in [1.807, 2.05) is 12.1 Å². The quantitative estimate of drug-likeness (QED) is 0.480. The molecule has 3 N–H and O–H groups in total. The Kier molecular flexibility index (Phi) is 5.95. The number of nitrogens with one attached hydrogen (secondary N) is 2. The van der Waals surface area contributed by atoms with Crippen molar-refractivity contribution in [3.05, 3.63) is 64.8 Å². The van der Waals surface area contributed by atoms with Crippen LogP contribution in [0.15, 0.2) is 53.8 Å². The van der Waals surface area contributed by atoms with Crippen LogP contribution < -0.4 is 10.6 Å². The SMILES string of the molecule is CS(=O)(=O)c1nc(NCc2ccc(Cl)cc2)cc(Nc2ccc(C(=O)O)cn2)n1. The fourth-order valence-electron chi connectivity index (χ4n) is 2.27. The second-order valence-corrected chi connectivity index (χ2v) is 8.38. The minimum Gasteiger partial charge on any atom is -0.478 e. The van der Waals surface area contributed by atoms with Crippen molar-refractivity contribution in [2.75, 3.05) is 16.9 Å². The van der Waals surface area contributed by atoms with Crippen LogP contribution >= 0.6 is 11.6 Å². The number of carboxylic acid groups (broad SMARTS) is 1. The fourth-order valence-corrected chi connectivity index (χ4v) is 2.92. The molecule has 0 unspecified atom stereocenters. The van der Waals surface area contributed by atoms with Crippen LogP contribution in [-0.2, 0) is 16.4 Å². The van der Waals surface area contributed by atoms with Crippen LogP contribution in [0.5, 0.6) is 0 Å². The normalized spacial score (nSPS) is 11.1. The molecule has 29 heavy (non-hydrogen) atoms. The highest BCUT2D eigenvalue weighted by Gasteiger charge is 2.15. The summed E-state index contributed by atoms with van der Waals surface area (Å²) in [6, 6.07) is 11.5. The molecule has 0 saturated heterocycles. The van der Waals surface area contributed by atoms with Gasteiger partial charge >= 0.3 is 5.97 Å². The second-order valence-electron chi connectivity index (χ2n) is 6.04. The van der Waals surface area contributed by atoms with Crippen LogP contribution in [0, 0.1) is 0 Å². The van der Waals surface area contributed by atoms with Crippen molar-refractivity contribution >= 4 is 44.9 Å². The van der Waals surface area contributed by atoms with Crippen LogP contribution in [0.4, 0.5) is 17.5 Å². The molecule has 9 nitrogen and oxygen atoms in total. The lowest BCUT2D eigenvalue weighted by Gasteiger charge is -2.11. The first-order chi connectivity index (χ1) is 13.7. The average molecular weight is 434 g/mol. The van der Waals surface area contributed by atoms with Crippen LogP contribution in [0.1, 0.15) is 15.9 Å². The van der Waals surface area contributed by atoms with Gasteiger partial charge in [0.05, 0.1) is 5.56 Å². The Morgan fingerprint density at radius 3 is 2.34 bits per heavy atom. The second kappa shape index (κ2) is 8.41. The maximum absolute atomic E-state index is 11.9. The topological polar surface area (TPSA) is 134 Å². The molecule has 0 fully saturated rings. The molecule has 0 amide bonds. The predicted molar refractivity (Wildman–Crippen MR) is 108 cm³/mol. The van der Waals surface area contributed by atoms with Crippen molar-refractivity contribution in [2.24, 2.45) is 0 Å². The summed E-state index contributed by atoms with van der Waals surface area (Å²) in [4.78, 5) is 22.9. The number of carbonyl (C=O) groups is 1. The number of carboxylic acids is 1. The molecule has 0 spiro atoms. The van der Waals surface area contributed by atoms with Crippen molar-refractivity contribution in [2.45, 2.75) is 11.7 Å². The molecule has 0 atom stereocenters. The lowest BCUT2D eigenvalue weighted by atomic mass is 10.2. The zero-order valence-corrected chi connectivity index (χ0v) is 16.7. The number of aromatic nitrogens is 3. The number of hydrogen-bond donors (Lipinski definition) is 3. The smallest absolute Gasteiger partial charge is 0.337 e. The third-order valence-electron chi connectivity index (χ3n) is 3.69. The van der Waals surface area contributed by atoms with Crippen LogP contribution in [0.2, 0.25) is 5.02 Å². The minimum absolute atomic E-state index is 0.0281. The molecule has 0 aliphatic carbocycles. The highest BCUT2D eigenvalue weighted by atomic mass is 35.5. The Morgan fingerprint density at radius 1 is 1.07 bits per heavy atom. The van der Waals surface area contributed by atoms with Gasteiger partial charge in [0.1, 0.15) is 17.5 Å². The molecule has 2 aromatic heterocycles. The van der Waals surface area contributed by atoms with Gasteiger partial charge in [0, 0.05) is 30.1 Å². The van der Waals surface area contributed by atoms with Crippen molar-refractivity contribution < 1.29 is 18.3 Å². The molecule has 0 bridgehead atoms. The Hall–Kier alpha value is -3.24. The Labute approximate surface area is 171 Å². The van der Waals surface area contributed by atoms with Gasteiger partial charge in [0.25, 0.3) is 5.16 Å². The number of pyridine rings is 1. The van der Waals surface area contributed by atoms with Gasteiger partial charge in [-0.15, -0.1) is 0 Å². The average Bonchev–Trinajstić information content (AvgIpc) is 2.67. The van der Waals surface area contributed by atoms with E-state index in [0.717, 1.165) is 11.8 Å². The lowest BCUT2D eigenvalue weighted by Crippen LogP contribution is -2.10. The summed E-state index contributed by atoms with van der Waals surface area (Å²) in [7, 11) is -3.66. The van der Waals surface area contributed by atoms with E-state index >= 15 is 0 Å². The van der Waals surface area contributed by atoms with E-state index in [1.165, 1.54) is 24.4 Å². The number of sulfone groups is 1. The van der Waals surface area contributed by atoms with E-state index in [4.69, 9.17) is 16.7 Å². The molecule has 0 saturated carbocycles. The number of anilines is 3. The minimum atomic E-state index is -3.66. The monoisotopic (exact) mass is 433 g/mol. The summed E-state index contributed by atoms with van der Waals surface area (Å²) >= 11 is 5.87. The highest BCUT2D eigenvalue weighted by Crippen LogP contribution is 2.19. The first-order valence-corrected chi connectivity index (χ1v) is 10.5. The summed E-state index contributed by atoms with van der Waals surface area (Å²) in [6.45, 7) is 0.391. The van der Waals surface area contributed by atoms with Crippen LogP contribution in [0.3, 0.4) is 0 Å². The molecule has 3 aromatic rings.